The quantitative estimate of drug-likeness (QED) is 0.475. The van der Waals surface area contributed by atoms with E-state index in [0.29, 0.717) is 12.2 Å². The molecule has 20 heavy (non-hydrogen) atoms. The SMILES string of the molecule is Cc1cccc(CO/N=C/c2cccc([N+](=O)[O-])c2)c1. The van der Waals surface area contributed by atoms with Crippen LogP contribution in [0.1, 0.15) is 16.7 Å². The van der Waals surface area contributed by atoms with Crippen LogP contribution in [0.5, 0.6) is 0 Å². The van der Waals surface area contributed by atoms with Gasteiger partial charge in [0.15, 0.2) is 0 Å². The van der Waals surface area contributed by atoms with Gasteiger partial charge in [-0.3, -0.25) is 10.1 Å². The van der Waals surface area contributed by atoms with E-state index in [9.17, 15) is 10.1 Å². The van der Waals surface area contributed by atoms with E-state index in [1.807, 2.05) is 31.2 Å². The molecule has 0 saturated heterocycles. The molecule has 0 radical (unpaired) electrons. The Hall–Kier alpha value is -2.69. The highest BCUT2D eigenvalue weighted by atomic mass is 16.6. The molecule has 0 saturated carbocycles. The molecule has 0 aliphatic rings. The van der Waals surface area contributed by atoms with Crippen LogP contribution < -0.4 is 0 Å². The van der Waals surface area contributed by atoms with Crippen LogP contribution in [0.2, 0.25) is 0 Å². The van der Waals surface area contributed by atoms with Gasteiger partial charge in [-0.25, -0.2) is 0 Å². The van der Waals surface area contributed by atoms with Crippen LogP contribution in [0.15, 0.2) is 53.7 Å². The Morgan fingerprint density at radius 2 is 2.05 bits per heavy atom. The maximum atomic E-state index is 10.6. The Labute approximate surface area is 116 Å². The Morgan fingerprint density at radius 1 is 1.25 bits per heavy atom. The second kappa shape index (κ2) is 6.47. The molecule has 5 nitrogen and oxygen atoms in total. The van der Waals surface area contributed by atoms with Gasteiger partial charge < -0.3 is 4.84 Å². The van der Waals surface area contributed by atoms with E-state index >= 15 is 0 Å². The highest BCUT2D eigenvalue weighted by Gasteiger charge is 2.03. The van der Waals surface area contributed by atoms with Gasteiger partial charge in [0.05, 0.1) is 11.1 Å². The number of nitrogens with zero attached hydrogens (tertiary/aromatic N) is 2. The lowest BCUT2D eigenvalue weighted by molar-refractivity contribution is -0.384. The molecule has 2 aromatic carbocycles. The van der Waals surface area contributed by atoms with Crippen molar-refractivity contribution in [1.82, 2.24) is 0 Å². The second-order valence-electron chi connectivity index (χ2n) is 4.35. The highest BCUT2D eigenvalue weighted by Crippen LogP contribution is 2.11. The van der Waals surface area contributed by atoms with E-state index in [4.69, 9.17) is 4.84 Å². The maximum Gasteiger partial charge on any atom is 0.270 e. The number of nitro groups is 1. The Bertz CT molecular complexity index is 639. The predicted octanol–water partition coefficient (Wildman–Crippen LogP) is 3.45. The van der Waals surface area contributed by atoms with Crippen LogP contribution in [-0.4, -0.2) is 11.1 Å². The predicted molar refractivity (Wildman–Crippen MR) is 76.7 cm³/mol. The molecule has 0 heterocycles. The number of aryl methyl sites for hydroxylation is 1. The van der Waals surface area contributed by atoms with Crippen molar-refractivity contribution in [2.45, 2.75) is 13.5 Å². The third-order valence-electron chi connectivity index (χ3n) is 2.67. The zero-order chi connectivity index (χ0) is 14.4. The summed E-state index contributed by atoms with van der Waals surface area (Å²) in [6.45, 7) is 2.38. The van der Waals surface area contributed by atoms with Crippen molar-refractivity contribution in [3.8, 4) is 0 Å². The first kappa shape index (κ1) is 13.7. The molecular formula is C15H14N2O3. The average molecular weight is 270 g/mol. The smallest absolute Gasteiger partial charge is 0.270 e. The lowest BCUT2D eigenvalue weighted by atomic mass is 10.1. The molecule has 2 aromatic rings. The van der Waals surface area contributed by atoms with Gasteiger partial charge >= 0.3 is 0 Å². The zero-order valence-corrected chi connectivity index (χ0v) is 11.0. The summed E-state index contributed by atoms with van der Waals surface area (Å²) in [4.78, 5) is 15.4. The molecule has 5 heteroatoms. The van der Waals surface area contributed by atoms with Crippen molar-refractivity contribution in [3.05, 3.63) is 75.3 Å². The van der Waals surface area contributed by atoms with Gasteiger partial charge in [0, 0.05) is 17.7 Å². The topological polar surface area (TPSA) is 64.7 Å². The largest absolute Gasteiger partial charge is 0.391 e. The Balaban J connectivity index is 1.93. The van der Waals surface area contributed by atoms with Crippen molar-refractivity contribution in [2.24, 2.45) is 5.16 Å². The van der Waals surface area contributed by atoms with Crippen LogP contribution in [0.25, 0.3) is 0 Å². The maximum absolute atomic E-state index is 10.6. The van der Waals surface area contributed by atoms with Crippen molar-refractivity contribution < 1.29 is 9.76 Å². The zero-order valence-electron chi connectivity index (χ0n) is 11.0. The summed E-state index contributed by atoms with van der Waals surface area (Å²) in [6.07, 6.45) is 1.46. The van der Waals surface area contributed by atoms with Crippen molar-refractivity contribution >= 4 is 11.9 Å². The summed E-state index contributed by atoms with van der Waals surface area (Å²) >= 11 is 0. The van der Waals surface area contributed by atoms with E-state index in [0.717, 1.165) is 11.1 Å². The molecule has 0 amide bonds. The molecule has 0 aromatic heterocycles. The summed E-state index contributed by atoms with van der Waals surface area (Å²) in [5.41, 5.74) is 2.85. The normalized spacial score (nSPS) is 10.7. The molecule has 2 rings (SSSR count). The minimum atomic E-state index is -0.440. The molecule has 102 valence electrons. The first-order chi connectivity index (χ1) is 9.65. The number of rotatable bonds is 5. The van der Waals surface area contributed by atoms with E-state index < -0.39 is 4.92 Å². The van der Waals surface area contributed by atoms with Crippen LogP contribution in [0.3, 0.4) is 0 Å². The van der Waals surface area contributed by atoms with Gasteiger partial charge in [-0.05, 0) is 12.5 Å². The molecule has 0 fully saturated rings. The third-order valence-corrected chi connectivity index (χ3v) is 2.67. The summed E-state index contributed by atoms with van der Waals surface area (Å²) < 4.78 is 0. The summed E-state index contributed by atoms with van der Waals surface area (Å²) in [5.74, 6) is 0. The van der Waals surface area contributed by atoms with Gasteiger partial charge in [0.1, 0.15) is 6.61 Å². The Morgan fingerprint density at radius 3 is 2.80 bits per heavy atom. The highest BCUT2D eigenvalue weighted by molar-refractivity contribution is 5.80. The van der Waals surface area contributed by atoms with Crippen LogP contribution in [0.4, 0.5) is 5.69 Å². The lowest BCUT2D eigenvalue weighted by Gasteiger charge is -2.00. The summed E-state index contributed by atoms with van der Waals surface area (Å²) in [6, 6.07) is 14.2. The van der Waals surface area contributed by atoms with Crippen molar-refractivity contribution in [1.29, 1.82) is 0 Å². The summed E-state index contributed by atoms with van der Waals surface area (Å²) in [7, 11) is 0. The molecule has 0 aliphatic heterocycles. The number of oxime groups is 1. The molecule has 0 aliphatic carbocycles. The van der Waals surface area contributed by atoms with Gasteiger partial charge in [-0.1, -0.05) is 47.1 Å². The van der Waals surface area contributed by atoms with Gasteiger partial charge in [-0.2, -0.15) is 0 Å². The summed E-state index contributed by atoms with van der Waals surface area (Å²) in [5, 5.41) is 14.4. The van der Waals surface area contributed by atoms with Gasteiger partial charge in [0.25, 0.3) is 5.69 Å². The fourth-order valence-corrected chi connectivity index (χ4v) is 1.73. The fraction of sp³-hybridized carbons (Fsp3) is 0.133. The van der Waals surface area contributed by atoms with Crippen LogP contribution in [-0.2, 0) is 11.4 Å². The number of benzene rings is 2. The standard InChI is InChI=1S/C15H14N2O3/c1-12-4-2-6-14(8-12)11-20-16-10-13-5-3-7-15(9-13)17(18)19/h2-10H,11H2,1H3/b16-10+. The van der Waals surface area contributed by atoms with E-state index in [-0.39, 0.29) is 5.69 Å². The minimum absolute atomic E-state index is 0.0348. The third kappa shape index (κ3) is 3.91. The fourth-order valence-electron chi connectivity index (χ4n) is 1.73. The minimum Gasteiger partial charge on any atom is -0.391 e. The van der Waals surface area contributed by atoms with Gasteiger partial charge in [-0.15, -0.1) is 0 Å². The second-order valence-corrected chi connectivity index (χ2v) is 4.35. The molecule has 0 N–H and O–H groups in total. The number of hydrogen-bond acceptors (Lipinski definition) is 4. The molecule has 0 bridgehead atoms. The average Bonchev–Trinajstić information content (AvgIpc) is 2.44. The van der Waals surface area contributed by atoms with E-state index in [1.165, 1.54) is 18.3 Å². The Kier molecular flexibility index (Phi) is 4.44. The molecule has 0 atom stereocenters. The first-order valence-corrected chi connectivity index (χ1v) is 6.10. The van der Waals surface area contributed by atoms with E-state index in [2.05, 4.69) is 5.16 Å². The van der Waals surface area contributed by atoms with E-state index in [1.54, 1.807) is 12.1 Å². The monoisotopic (exact) mass is 270 g/mol. The van der Waals surface area contributed by atoms with Crippen LogP contribution >= 0.6 is 0 Å². The van der Waals surface area contributed by atoms with Crippen LogP contribution in [0, 0.1) is 17.0 Å². The van der Waals surface area contributed by atoms with Crippen molar-refractivity contribution in [3.63, 3.8) is 0 Å². The number of non-ortho nitro benzene ring substituents is 1. The molecule has 0 spiro atoms. The number of hydrogen-bond donors (Lipinski definition) is 0. The van der Waals surface area contributed by atoms with Gasteiger partial charge in [0.2, 0.25) is 0 Å². The first-order valence-electron chi connectivity index (χ1n) is 6.10. The number of nitro benzene ring substituents is 1. The lowest BCUT2D eigenvalue weighted by Crippen LogP contribution is -1.91. The molecular weight excluding hydrogens is 256 g/mol. The molecule has 0 unspecified atom stereocenters. The van der Waals surface area contributed by atoms with Crippen molar-refractivity contribution in [2.75, 3.05) is 0 Å².